The fraction of sp³-hybridized carbons (Fsp3) is 1.00. The number of nitrogens with zero attached hydrogens (tertiary/aromatic N) is 2. The number of hydrogen-bond acceptors (Lipinski definition) is 2. The van der Waals surface area contributed by atoms with Gasteiger partial charge >= 0.3 is 89.5 Å². The molecule has 2 nitrogen and oxygen atoms in total. The van der Waals surface area contributed by atoms with E-state index in [0.29, 0.717) is 0 Å². The molecule has 1 saturated heterocycles. The Morgan fingerprint density at radius 2 is 0.938 bits per heavy atom. The molecular weight excluding hydrogens is 276 g/mol. The van der Waals surface area contributed by atoms with Crippen LogP contribution in [0.15, 0.2) is 0 Å². The summed E-state index contributed by atoms with van der Waals surface area (Å²) in [7, 11) is -14.7. The Hall–Kier alpha value is 0.360. The first-order valence-corrected chi connectivity index (χ1v) is 8.49. The molecule has 0 unspecified atom stereocenters. The molecule has 1 heterocycles. The van der Waals surface area contributed by atoms with Crippen LogP contribution in [0.2, 0.25) is 0 Å². The second-order valence-corrected chi connectivity index (χ2v) is 9.16. The van der Waals surface area contributed by atoms with Crippen molar-refractivity contribution in [3.8, 4) is 0 Å². The second-order valence-electron chi connectivity index (χ2n) is 3.66. The predicted octanol–water partition coefficient (Wildman–Crippen LogP) is 5.50. The summed E-state index contributed by atoms with van der Waals surface area (Å²) < 4.78 is 77.6. The van der Waals surface area contributed by atoms with Gasteiger partial charge in [0.1, 0.15) is 0 Å². The third-order valence-electron chi connectivity index (χ3n) is 2.31. The summed E-state index contributed by atoms with van der Waals surface area (Å²) in [6.45, 7) is 0.675. The molecule has 1 aliphatic rings. The SMILES string of the molecule is CCCN1P(F)(F)(F)N(CCC)P1(F)(F)F. The molecular formula is C6H14F6N2P2. The summed E-state index contributed by atoms with van der Waals surface area (Å²) in [5, 5.41) is 0. The molecule has 16 heavy (non-hydrogen) atoms. The van der Waals surface area contributed by atoms with Gasteiger partial charge in [-0.3, -0.25) is 0 Å². The van der Waals surface area contributed by atoms with Crippen LogP contribution in [-0.4, -0.2) is 22.0 Å². The molecule has 0 radical (unpaired) electrons. The van der Waals surface area contributed by atoms with Crippen LogP contribution >= 0.6 is 15.7 Å². The first-order chi connectivity index (χ1) is 6.95. The molecule has 1 aliphatic heterocycles. The van der Waals surface area contributed by atoms with Gasteiger partial charge in [0.05, 0.1) is 0 Å². The van der Waals surface area contributed by atoms with E-state index in [1.54, 1.807) is 0 Å². The molecule has 0 spiro atoms. The summed E-state index contributed by atoms with van der Waals surface area (Å²) >= 11 is 0. The fourth-order valence-corrected chi connectivity index (χ4v) is 8.45. The van der Waals surface area contributed by atoms with Crippen LogP contribution in [-0.2, 0) is 0 Å². The maximum absolute atomic E-state index is 13.3. The molecule has 0 aromatic carbocycles. The number of halogens is 6. The number of rotatable bonds is 4. The van der Waals surface area contributed by atoms with Crippen LogP contribution in [0.4, 0.5) is 25.2 Å². The summed E-state index contributed by atoms with van der Waals surface area (Å²) in [6, 6.07) is 0. The third kappa shape index (κ3) is 1.74. The zero-order valence-corrected chi connectivity index (χ0v) is 10.7. The average molecular weight is 290 g/mol. The molecule has 0 N–H and O–H groups in total. The molecule has 0 aliphatic carbocycles. The van der Waals surface area contributed by atoms with Crippen LogP contribution in [0.1, 0.15) is 26.7 Å². The first-order valence-electron chi connectivity index (χ1n) is 4.86. The summed E-state index contributed by atoms with van der Waals surface area (Å²) in [5.41, 5.74) is 0. The van der Waals surface area contributed by atoms with Crippen LogP contribution in [0.25, 0.3) is 0 Å². The van der Waals surface area contributed by atoms with Crippen LogP contribution in [0.5, 0.6) is 0 Å². The van der Waals surface area contributed by atoms with Crippen molar-refractivity contribution in [2.24, 2.45) is 0 Å². The van der Waals surface area contributed by atoms with Gasteiger partial charge in [0.15, 0.2) is 0 Å². The van der Waals surface area contributed by atoms with Crippen molar-refractivity contribution in [1.29, 1.82) is 0 Å². The van der Waals surface area contributed by atoms with Crippen molar-refractivity contribution in [3.63, 3.8) is 0 Å². The van der Waals surface area contributed by atoms with E-state index in [-0.39, 0.29) is 12.8 Å². The molecule has 100 valence electrons. The first kappa shape index (κ1) is 14.4. The third-order valence-corrected chi connectivity index (χ3v) is 9.42. The Morgan fingerprint density at radius 1 is 0.688 bits per heavy atom. The Bertz CT molecular complexity index is 249. The normalized spacial score (nSPS) is 36.2. The van der Waals surface area contributed by atoms with Crippen LogP contribution in [0, 0.1) is 0 Å². The van der Waals surface area contributed by atoms with Crippen molar-refractivity contribution < 1.29 is 25.2 Å². The predicted molar refractivity (Wildman–Crippen MR) is 54.5 cm³/mol. The zero-order chi connectivity index (χ0) is 12.9. The van der Waals surface area contributed by atoms with E-state index in [4.69, 9.17) is 0 Å². The minimum atomic E-state index is -7.33. The van der Waals surface area contributed by atoms with Crippen molar-refractivity contribution in [2.75, 3.05) is 13.1 Å². The van der Waals surface area contributed by atoms with Gasteiger partial charge in [0, 0.05) is 0 Å². The monoisotopic (exact) mass is 290 g/mol. The molecule has 0 saturated carbocycles. The van der Waals surface area contributed by atoms with Crippen LogP contribution < -0.4 is 0 Å². The minimum absolute atomic E-state index is 0.161. The topological polar surface area (TPSA) is 6.48 Å². The van der Waals surface area contributed by atoms with E-state index in [2.05, 4.69) is 0 Å². The standard InChI is InChI=1S/C6H14F6N2P2/c1-3-5-13-15(7,8,9)14(6-4-2)16(13,10,11)12/h3-6H2,1-2H3. The van der Waals surface area contributed by atoms with Crippen molar-refractivity contribution in [3.05, 3.63) is 0 Å². The Morgan fingerprint density at radius 3 is 1.12 bits per heavy atom. The Balaban J connectivity index is 3.12. The van der Waals surface area contributed by atoms with Gasteiger partial charge < -0.3 is 0 Å². The van der Waals surface area contributed by atoms with Gasteiger partial charge in [0.2, 0.25) is 0 Å². The van der Waals surface area contributed by atoms with E-state index in [1.165, 1.54) is 13.8 Å². The average Bonchev–Trinajstić information content (AvgIpc) is 2.07. The number of hydrogen-bond donors (Lipinski definition) is 0. The van der Waals surface area contributed by atoms with Gasteiger partial charge in [-0.05, 0) is 0 Å². The van der Waals surface area contributed by atoms with E-state index in [9.17, 15) is 25.2 Å². The molecule has 0 aromatic rings. The molecule has 0 aromatic heterocycles. The maximum atomic E-state index is 13.3. The van der Waals surface area contributed by atoms with Gasteiger partial charge in [-0.25, -0.2) is 0 Å². The van der Waals surface area contributed by atoms with Gasteiger partial charge in [-0.15, -0.1) is 0 Å². The molecule has 0 bridgehead atoms. The Labute approximate surface area is 90.4 Å². The molecule has 10 heteroatoms. The van der Waals surface area contributed by atoms with Crippen molar-refractivity contribution in [1.82, 2.24) is 8.88 Å². The summed E-state index contributed by atoms with van der Waals surface area (Å²) in [5.74, 6) is 0. The van der Waals surface area contributed by atoms with E-state index >= 15 is 0 Å². The van der Waals surface area contributed by atoms with E-state index in [1.807, 2.05) is 0 Å². The zero-order valence-electron chi connectivity index (χ0n) is 8.89. The quantitative estimate of drug-likeness (QED) is 0.498. The summed E-state index contributed by atoms with van der Waals surface area (Å²) in [6.07, 6.45) is -0.323. The van der Waals surface area contributed by atoms with Gasteiger partial charge in [0.25, 0.3) is 0 Å². The fourth-order valence-electron chi connectivity index (χ4n) is 1.69. The van der Waals surface area contributed by atoms with Crippen molar-refractivity contribution >= 4 is 15.7 Å². The van der Waals surface area contributed by atoms with E-state index in [0.717, 1.165) is 0 Å². The molecule has 1 fully saturated rings. The molecule has 1 rings (SSSR count). The van der Waals surface area contributed by atoms with Gasteiger partial charge in [-0.1, -0.05) is 0 Å². The molecule has 0 atom stereocenters. The van der Waals surface area contributed by atoms with Crippen molar-refractivity contribution in [2.45, 2.75) is 26.7 Å². The van der Waals surface area contributed by atoms with Gasteiger partial charge in [-0.2, -0.15) is 0 Å². The Kier molecular flexibility index (Phi) is 3.10. The summed E-state index contributed by atoms with van der Waals surface area (Å²) in [4.78, 5) is 0. The molecule has 0 amide bonds. The second kappa shape index (κ2) is 3.44. The van der Waals surface area contributed by atoms with Crippen LogP contribution in [0.3, 0.4) is 0 Å². The van der Waals surface area contributed by atoms with E-state index < -0.39 is 37.6 Å².